The van der Waals surface area contributed by atoms with Gasteiger partial charge in [-0.1, -0.05) is 12.1 Å². The molecule has 0 fully saturated rings. The normalized spacial score (nSPS) is 11.1. The third-order valence-electron chi connectivity index (χ3n) is 2.97. The molecule has 0 bridgehead atoms. The van der Waals surface area contributed by atoms with Crippen LogP contribution in [-0.2, 0) is 6.54 Å². The van der Waals surface area contributed by atoms with E-state index >= 15 is 0 Å². The SMILES string of the molecule is Nc1nc2cc(F)ccc2n1Cc1cccc(F)c1. The first kappa shape index (κ1) is 11.6. The summed E-state index contributed by atoms with van der Waals surface area (Å²) in [6, 6.07) is 10.6. The van der Waals surface area contributed by atoms with Gasteiger partial charge in [0, 0.05) is 6.07 Å². The van der Waals surface area contributed by atoms with E-state index in [1.807, 2.05) is 0 Å². The zero-order valence-electron chi connectivity index (χ0n) is 9.98. The van der Waals surface area contributed by atoms with Crippen LogP contribution in [0.25, 0.3) is 11.0 Å². The zero-order chi connectivity index (χ0) is 13.4. The van der Waals surface area contributed by atoms with E-state index in [2.05, 4.69) is 4.98 Å². The maximum atomic E-state index is 13.2. The lowest BCUT2D eigenvalue weighted by Crippen LogP contribution is -2.04. The molecule has 0 unspecified atom stereocenters. The third-order valence-corrected chi connectivity index (χ3v) is 2.97. The highest BCUT2D eigenvalue weighted by Crippen LogP contribution is 2.20. The Bertz CT molecular complexity index is 750. The van der Waals surface area contributed by atoms with Gasteiger partial charge in [0.2, 0.25) is 5.95 Å². The number of fused-ring (bicyclic) bond motifs is 1. The highest BCUT2D eigenvalue weighted by atomic mass is 19.1. The Morgan fingerprint density at radius 2 is 1.84 bits per heavy atom. The Kier molecular flexibility index (Phi) is 2.67. The first-order valence-electron chi connectivity index (χ1n) is 5.79. The minimum atomic E-state index is -0.358. The molecule has 2 aromatic carbocycles. The van der Waals surface area contributed by atoms with Gasteiger partial charge in [-0.15, -0.1) is 0 Å². The highest BCUT2D eigenvalue weighted by Gasteiger charge is 2.09. The second kappa shape index (κ2) is 4.35. The Hall–Kier alpha value is -2.43. The number of rotatable bonds is 2. The van der Waals surface area contributed by atoms with Gasteiger partial charge >= 0.3 is 0 Å². The van der Waals surface area contributed by atoms with Crippen molar-refractivity contribution in [3.63, 3.8) is 0 Å². The molecule has 0 aliphatic rings. The van der Waals surface area contributed by atoms with E-state index in [1.165, 1.54) is 24.3 Å². The van der Waals surface area contributed by atoms with E-state index in [0.717, 1.165) is 11.1 Å². The van der Waals surface area contributed by atoms with Crippen LogP contribution in [-0.4, -0.2) is 9.55 Å². The lowest BCUT2D eigenvalue weighted by atomic mass is 10.2. The van der Waals surface area contributed by atoms with E-state index in [-0.39, 0.29) is 17.6 Å². The van der Waals surface area contributed by atoms with Crippen LogP contribution in [0.1, 0.15) is 5.56 Å². The lowest BCUT2D eigenvalue weighted by molar-refractivity contribution is 0.624. The number of nitrogens with two attached hydrogens (primary N) is 1. The van der Waals surface area contributed by atoms with Crippen molar-refractivity contribution in [1.29, 1.82) is 0 Å². The fraction of sp³-hybridized carbons (Fsp3) is 0.0714. The van der Waals surface area contributed by atoms with Crippen molar-refractivity contribution >= 4 is 17.0 Å². The van der Waals surface area contributed by atoms with Crippen LogP contribution in [0.5, 0.6) is 0 Å². The van der Waals surface area contributed by atoms with Crippen molar-refractivity contribution in [2.75, 3.05) is 5.73 Å². The molecule has 2 N–H and O–H groups in total. The van der Waals surface area contributed by atoms with Gasteiger partial charge in [-0.25, -0.2) is 13.8 Å². The predicted octanol–water partition coefficient (Wildman–Crippen LogP) is 2.95. The van der Waals surface area contributed by atoms with Crippen LogP contribution >= 0.6 is 0 Å². The maximum Gasteiger partial charge on any atom is 0.201 e. The van der Waals surface area contributed by atoms with Crippen molar-refractivity contribution in [1.82, 2.24) is 9.55 Å². The third kappa shape index (κ3) is 2.14. The Labute approximate surface area is 108 Å². The van der Waals surface area contributed by atoms with E-state index in [1.54, 1.807) is 22.8 Å². The van der Waals surface area contributed by atoms with E-state index in [4.69, 9.17) is 5.73 Å². The number of anilines is 1. The van der Waals surface area contributed by atoms with Crippen LogP contribution < -0.4 is 5.73 Å². The minimum absolute atomic E-state index is 0.282. The summed E-state index contributed by atoms with van der Waals surface area (Å²) in [7, 11) is 0. The van der Waals surface area contributed by atoms with Crippen LogP contribution in [0.3, 0.4) is 0 Å². The van der Waals surface area contributed by atoms with Crippen molar-refractivity contribution in [2.24, 2.45) is 0 Å². The van der Waals surface area contributed by atoms with Crippen molar-refractivity contribution in [3.8, 4) is 0 Å². The molecule has 0 aliphatic heterocycles. The minimum Gasteiger partial charge on any atom is -0.369 e. The highest BCUT2D eigenvalue weighted by molar-refractivity contribution is 5.78. The fourth-order valence-corrected chi connectivity index (χ4v) is 2.11. The van der Waals surface area contributed by atoms with Crippen molar-refractivity contribution in [3.05, 3.63) is 59.7 Å². The Morgan fingerprint density at radius 1 is 1.05 bits per heavy atom. The molecule has 0 saturated heterocycles. The number of nitrogens with zero attached hydrogens (tertiary/aromatic N) is 2. The van der Waals surface area contributed by atoms with Crippen molar-refractivity contribution in [2.45, 2.75) is 6.54 Å². The molecule has 1 heterocycles. The van der Waals surface area contributed by atoms with Gasteiger partial charge in [-0.3, -0.25) is 0 Å². The fourth-order valence-electron chi connectivity index (χ4n) is 2.11. The molecule has 0 spiro atoms. The van der Waals surface area contributed by atoms with Crippen LogP contribution in [0.15, 0.2) is 42.5 Å². The van der Waals surface area contributed by atoms with Gasteiger partial charge in [0.15, 0.2) is 0 Å². The number of hydrogen-bond donors (Lipinski definition) is 1. The molecule has 0 amide bonds. The molecule has 0 aliphatic carbocycles. The van der Waals surface area contributed by atoms with Gasteiger partial charge in [0.1, 0.15) is 11.6 Å². The number of aromatic nitrogens is 2. The molecule has 3 nitrogen and oxygen atoms in total. The van der Waals surface area contributed by atoms with Gasteiger partial charge in [0.05, 0.1) is 17.6 Å². The smallest absolute Gasteiger partial charge is 0.201 e. The average Bonchev–Trinajstić information content (AvgIpc) is 2.65. The second-order valence-electron chi connectivity index (χ2n) is 4.32. The van der Waals surface area contributed by atoms with Gasteiger partial charge in [-0.05, 0) is 29.8 Å². The first-order valence-corrected chi connectivity index (χ1v) is 5.79. The summed E-state index contributed by atoms with van der Waals surface area (Å²) >= 11 is 0. The van der Waals surface area contributed by atoms with Crippen LogP contribution in [0.4, 0.5) is 14.7 Å². The molecule has 3 aromatic rings. The van der Waals surface area contributed by atoms with Crippen LogP contribution in [0.2, 0.25) is 0 Å². The molecule has 0 atom stereocenters. The largest absolute Gasteiger partial charge is 0.369 e. The van der Waals surface area contributed by atoms with Gasteiger partial charge in [-0.2, -0.15) is 0 Å². The predicted molar refractivity (Wildman–Crippen MR) is 69.6 cm³/mol. The molecule has 5 heteroatoms. The summed E-state index contributed by atoms with van der Waals surface area (Å²) < 4.78 is 28.0. The summed E-state index contributed by atoms with van der Waals surface area (Å²) in [6.07, 6.45) is 0. The number of nitrogen functional groups attached to an aromatic ring is 1. The quantitative estimate of drug-likeness (QED) is 0.769. The number of hydrogen-bond acceptors (Lipinski definition) is 2. The van der Waals surface area contributed by atoms with E-state index in [0.29, 0.717) is 12.1 Å². The maximum absolute atomic E-state index is 13.2. The second-order valence-corrected chi connectivity index (χ2v) is 4.32. The summed E-state index contributed by atoms with van der Waals surface area (Å²) in [6.45, 7) is 0.395. The summed E-state index contributed by atoms with van der Waals surface area (Å²) in [5.41, 5.74) is 7.82. The van der Waals surface area contributed by atoms with Gasteiger partial charge < -0.3 is 10.3 Å². The number of benzene rings is 2. The summed E-state index contributed by atoms with van der Waals surface area (Å²) in [4.78, 5) is 4.10. The molecule has 19 heavy (non-hydrogen) atoms. The first-order chi connectivity index (χ1) is 9.13. The standard InChI is InChI=1S/C14H11F2N3/c15-10-3-1-2-9(6-10)8-19-13-5-4-11(16)7-12(13)18-14(19)17/h1-7H,8H2,(H2,17,18). The van der Waals surface area contributed by atoms with Gasteiger partial charge in [0.25, 0.3) is 0 Å². The average molecular weight is 259 g/mol. The molecular weight excluding hydrogens is 248 g/mol. The molecule has 0 saturated carbocycles. The molecule has 0 radical (unpaired) electrons. The van der Waals surface area contributed by atoms with Crippen LogP contribution in [0, 0.1) is 11.6 Å². The Balaban J connectivity index is 2.07. The van der Waals surface area contributed by atoms with E-state index in [9.17, 15) is 8.78 Å². The molecule has 96 valence electrons. The summed E-state index contributed by atoms with van der Waals surface area (Å²) in [5.74, 6) is -0.376. The topological polar surface area (TPSA) is 43.8 Å². The number of halogens is 2. The molecule has 1 aromatic heterocycles. The zero-order valence-corrected chi connectivity index (χ0v) is 9.98. The monoisotopic (exact) mass is 259 g/mol. The van der Waals surface area contributed by atoms with Crippen molar-refractivity contribution < 1.29 is 8.78 Å². The molecular formula is C14H11F2N3. The van der Waals surface area contributed by atoms with E-state index < -0.39 is 0 Å². The molecule has 3 rings (SSSR count). The number of imidazole rings is 1. The summed E-state index contributed by atoms with van der Waals surface area (Å²) in [5, 5.41) is 0. The Morgan fingerprint density at radius 3 is 2.63 bits per heavy atom. The lowest BCUT2D eigenvalue weighted by Gasteiger charge is -2.06.